The van der Waals surface area contributed by atoms with Crippen molar-refractivity contribution < 1.29 is 14.6 Å². The maximum absolute atomic E-state index is 10.8. The Morgan fingerprint density at radius 3 is 3.00 bits per heavy atom. The fourth-order valence-electron chi connectivity index (χ4n) is 1.26. The topological polar surface area (TPSA) is 96.1 Å². The van der Waals surface area contributed by atoms with Gasteiger partial charge in [-0.3, -0.25) is 4.98 Å². The Morgan fingerprint density at radius 2 is 2.28 bits per heavy atom. The molecule has 0 radical (unpaired) electrons. The number of carboxylic acids is 1. The third-order valence-corrected chi connectivity index (χ3v) is 2.07. The molecule has 0 aliphatic rings. The van der Waals surface area contributed by atoms with Crippen molar-refractivity contribution in [1.82, 2.24) is 9.97 Å². The maximum Gasteiger partial charge on any atom is 0.337 e. The van der Waals surface area contributed by atoms with Gasteiger partial charge < -0.3 is 9.84 Å². The van der Waals surface area contributed by atoms with Gasteiger partial charge in [-0.2, -0.15) is 5.26 Å². The van der Waals surface area contributed by atoms with Crippen LogP contribution in [0.25, 0.3) is 0 Å². The van der Waals surface area contributed by atoms with E-state index in [0.717, 1.165) is 0 Å². The summed E-state index contributed by atoms with van der Waals surface area (Å²) in [6.07, 6.45) is 4.03. The molecule has 0 aliphatic heterocycles. The van der Waals surface area contributed by atoms with Crippen molar-refractivity contribution in [2.24, 2.45) is 0 Å². The molecule has 0 aromatic carbocycles. The van der Waals surface area contributed by atoms with Crippen LogP contribution in [-0.2, 0) is 0 Å². The van der Waals surface area contributed by atoms with E-state index in [4.69, 9.17) is 15.1 Å². The van der Waals surface area contributed by atoms with E-state index in [1.165, 1.54) is 24.7 Å². The van der Waals surface area contributed by atoms with Crippen molar-refractivity contribution >= 4 is 5.97 Å². The normalized spacial score (nSPS) is 9.50. The average Bonchev–Trinajstić information content (AvgIpc) is 2.39. The number of hydrogen-bond donors (Lipinski definition) is 1. The molecule has 18 heavy (non-hydrogen) atoms. The van der Waals surface area contributed by atoms with E-state index < -0.39 is 5.97 Å². The van der Waals surface area contributed by atoms with Gasteiger partial charge in [-0.05, 0) is 18.2 Å². The van der Waals surface area contributed by atoms with Gasteiger partial charge in [-0.25, -0.2) is 9.78 Å². The highest BCUT2D eigenvalue weighted by Crippen LogP contribution is 2.22. The molecular weight excluding hydrogens is 234 g/mol. The van der Waals surface area contributed by atoms with Crippen LogP contribution in [0.4, 0.5) is 0 Å². The Labute approximate surface area is 102 Å². The van der Waals surface area contributed by atoms with Crippen LogP contribution >= 0.6 is 0 Å². The lowest BCUT2D eigenvalue weighted by Gasteiger charge is -2.05. The highest BCUT2D eigenvalue weighted by Gasteiger charge is 2.08. The zero-order valence-electron chi connectivity index (χ0n) is 9.07. The van der Waals surface area contributed by atoms with E-state index >= 15 is 0 Å². The first kappa shape index (κ1) is 11.5. The Balaban J connectivity index is 2.32. The molecule has 0 atom stereocenters. The van der Waals surface area contributed by atoms with Crippen LogP contribution in [-0.4, -0.2) is 21.0 Å². The van der Waals surface area contributed by atoms with Crippen LogP contribution in [0.3, 0.4) is 0 Å². The van der Waals surface area contributed by atoms with Crippen molar-refractivity contribution in [1.29, 1.82) is 5.26 Å². The van der Waals surface area contributed by atoms with Gasteiger partial charge in [-0.1, -0.05) is 0 Å². The van der Waals surface area contributed by atoms with Gasteiger partial charge in [0, 0.05) is 12.4 Å². The fraction of sp³-hybridized carbons (Fsp3) is 0. The molecule has 2 rings (SSSR count). The van der Waals surface area contributed by atoms with Crippen LogP contribution in [0.5, 0.6) is 11.6 Å². The second-order valence-electron chi connectivity index (χ2n) is 3.28. The van der Waals surface area contributed by atoms with Gasteiger partial charge in [0.2, 0.25) is 5.88 Å². The van der Waals surface area contributed by atoms with E-state index in [9.17, 15) is 4.79 Å². The molecule has 0 amide bonds. The highest BCUT2D eigenvalue weighted by molar-refractivity contribution is 5.87. The lowest BCUT2D eigenvalue weighted by Crippen LogP contribution is -1.98. The Bertz CT molecular complexity index is 634. The Hall–Kier alpha value is -2.94. The summed E-state index contributed by atoms with van der Waals surface area (Å²) < 4.78 is 5.33. The van der Waals surface area contributed by atoms with Crippen LogP contribution in [0.1, 0.15) is 15.9 Å². The minimum Gasteiger partial charge on any atom is -0.478 e. The molecule has 2 aromatic heterocycles. The lowest BCUT2D eigenvalue weighted by atomic mass is 10.3. The van der Waals surface area contributed by atoms with Gasteiger partial charge in [-0.15, -0.1) is 0 Å². The van der Waals surface area contributed by atoms with Gasteiger partial charge in [0.1, 0.15) is 17.4 Å². The second kappa shape index (κ2) is 4.93. The summed E-state index contributed by atoms with van der Waals surface area (Å²) in [5, 5.41) is 17.7. The molecule has 6 nitrogen and oxygen atoms in total. The minimum absolute atomic E-state index is 0.00180. The van der Waals surface area contributed by atoms with Gasteiger partial charge in [0.05, 0.1) is 11.8 Å². The van der Waals surface area contributed by atoms with Crippen LogP contribution < -0.4 is 4.74 Å². The summed E-state index contributed by atoms with van der Waals surface area (Å²) in [4.78, 5) is 18.4. The molecule has 2 heterocycles. The molecule has 0 saturated carbocycles. The van der Waals surface area contributed by atoms with Crippen molar-refractivity contribution in [3.63, 3.8) is 0 Å². The van der Waals surface area contributed by atoms with Crippen molar-refractivity contribution in [3.8, 4) is 17.7 Å². The summed E-state index contributed by atoms with van der Waals surface area (Å²) in [6.45, 7) is 0. The molecule has 1 N–H and O–H groups in total. The third kappa shape index (κ3) is 2.41. The van der Waals surface area contributed by atoms with Crippen LogP contribution in [0, 0.1) is 11.3 Å². The molecule has 6 heteroatoms. The van der Waals surface area contributed by atoms with Gasteiger partial charge >= 0.3 is 5.97 Å². The number of nitriles is 1. The van der Waals surface area contributed by atoms with Crippen molar-refractivity contribution in [2.75, 3.05) is 0 Å². The number of carboxylic acid groups (broad SMARTS) is 1. The molecule has 0 aliphatic carbocycles. The summed E-state index contributed by atoms with van der Waals surface area (Å²) >= 11 is 0. The minimum atomic E-state index is -1.10. The van der Waals surface area contributed by atoms with Crippen LogP contribution in [0.15, 0.2) is 36.8 Å². The number of aromatic carboxylic acids is 1. The van der Waals surface area contributed by atoms with E-state index in [0.29, 0.717) is 0 Å². The van der Waals surface area contributed by atoms with E-state index in [1.54, 1.807) is 12.1 Å². The molecule has 0 unspecified atom stereocenters. The van der Waals surface area contributed by atoms with E-state index in [2.05, 4.69) is 9.97 Å². The summed E-state index contributed by atoms with van der Waals surface area (Å²) in [5.41, 5.74) is 0.264. The molecule has 88 valence electrons. The lowest BCUT2D eigenvalue weighted by molar-refractivity contribution is 0.0696. The number of hydrogen-bond acceptors (Lipinski definition) is 5. The maximum atomic E-state index is 10.8. The Morgan fingerprint density at radius 1 is 1.44 bits per heavy atom. The largest absolute Gasteiger partial charge is 0.478 e. The molecule has 2 aromatic rings. The smallest absolute Gasteiger partial charge is 0.337 e. The number of pyridine rings is 2. The van der Waals surface area contributed by atoms with Crippen LogP contribution in [0.2, 0.25) is 0 Å². The van der Waals surface area contributed by atoms with Crippen molar-refractivity contribution in [2.45, 2.75) is 0 Å². The number of rotatable bonds is 3. The van der Waals surface area contributed by atoms with Gasteiger partial charge in [0.25, 0.3) is 0 Å². The first-order valence-corrected chi connectivity index (χ1v) is 4.92. The van der Waals surface area contributed by atoms with E-state index in [-0.39, 0.29) is 22.8 Å². The first-order chi connectivity index (χ1) is 8.70. The fourth-order valence-corrected chi connectivity index (χ4v) is 1.26. The standard InChI is InChI=1S/C12H7N3O3/c13-5-8-2-1-3-15-11(8)18-10-4-9(12(16)17)6-14-7-10/h1-4,6-7H,(H,16,17). The second-order valence-corrected chi connectivity index (χ2v) is 3.28. The Kier molecular flexibility index (Phi) is 3.16. The quantitative estimate of drug-likeness (QED) is 0.880. The van der Waals surface area contributed by atoms with E-state index in [1.807, 2.05) is 6.07 Å². The molecule has 0 spiro atoms. The SMILES string of the molecule is N#Cc1cccnc1Oc1cncc(C(=O)O)c1. The zero-order chi connectivity index (χ0) is 13.0. The predicted molar refractivity (Wildman–Crippen MR) is 60.2 cm³/mol. The number of aromatic nitrogens is 2. The molecule has 0 fully saturated rings. The molecule has 0 saturated heterocycles. The summed E-state index contributed by atoms with van der Waals surface area (Å²) in [6, 6.07) is 6.40. The summed E-state index contributed by atoms with van der Waals surface area (Å²) in [5.74, 6) is -0.774. The van der Waals surface area contributed by atoms with Crippen molar-refractivity contribution in [3.05, 3.63) is 47.9 Å². The first-order valence-electron chi connectivity index (χ1n) is 4.92. The summed E-state index contributed by atoms with van der Waals surface area (Å²) in [7, 11) is 0. The molecule has 0 bridgehead atoms. The predicted octanol–water partition coefficient (Wildman–Crippen LogP) is 1.84. The number of nitrogens with zero attached hydrogens (tertiary/aromatic N) is 3. The highest BCUT2D eigenvalue weighted by atomic mass is 16.5. The molecular formula is C12H7N3O3. The van der Waals surface area contributed by atoms with Gasteiger partial charge in [0.15, 0.2) is 0 Å². The zero-order valence-corrected chi connectivity index (χ0v) is 9.07. The third-order valence-electron chi connectivity index (χ3n) is 2.07. The number of carbonyl (C=O) groups is 1. The monoisotopic (exact) mass is 241 g/mol. The number of ether oxygens (including phenoxy) is 1. The average molecular weight is 241 g/mol.